The van der Waals surface area contributed by atoms with Crippen LogP contribution in [0.1, 0.15) is 11.3 Å². The lowest BCUT2D eigenvalue weighted by atomic mass is 10.2. The number of nitrogens with zero attached hydrogens (tertiary/aromatic N) is 1. The van der Waals surface area contributed by atoms with Crippen LogP contribution >= 0.6 is 31.9 Å². The molecule has 17 heavy (non-hydrogen) atoms. The molecule has 5 heteroatoms. The van der Waals surface area contributed by atoms with E-state index in [0.717, 1.165) is 15.9 Å². The summed E-state index contributed by atoms with van der Waals surface area (Å²) in [6, 6.07) is 11.4. The Hall–Kier alpha value is -1.25. The van der Waals surface area contributed by atoms with E-state index in [-0.39, 0.29) is 0 Å². The normalized spacial score (nSPS) is 9.94. The van der Waals surface area contributed by atoms with E-state index in [2.05, 4.69) is 43.2 Å². The minimum absolute atomic E-state index is 0.544. The fourth-order valence-electron chi connectivity index (χ4n) is 1.39. The molecule has 1 aromatic carbocycles. The van der Waals surface area contributed by atoms with Gasteiger partial charge < -0.3 is 9.73 Å². The van der Waals surface area contributed by atoms with E-state index in [4.69, 9.17) is 9.68 Å². The third-order valence-electron chi connectivity index (χ3n) is 2.18. The Balaban J connectivity index is 2.12. The zero-order chi connectivity index (χ0) is 12.3. The van der Waals surface area contributed by atoms with Gasteiger partial charge >= 0.3 is 0 Å². The second-order valence-corrected chi connectivity index (χ2v) is 5.06. The van der Waals surface area contributed by atoms with E-state index in [1.165, 1.54) is 0 Å². The number of nitriles is 1. The second-order valence-electron chi connectivity index (χ2n) is 3.36. The van der Waals surface area contributed by atoms with Crippen LogP contribution in [0.15, 0.2) is 43.9 Å². The average Bonchev–Trinajstić information content (AvgIpc) is 2.73. The van der Waals surface area contributed by atoms with E-state index >= 15 is 0 Å². The molecule has 0 bridgehead atoms. The smallest absolute Gasteiger partial charge is 0.169 e. The molecule has 0 amide bonds. The minimum atomic E-state index is 0.544. The van der Waals surface area contributed by atoms with Gasteiger partial charge in [0.2, 0.25) is 0 Å². The van der Waals surface area contributed by atoms with Crippen LogP contribution in [0.5, 0.6) is 0 Å². The number of hydrogen-bond donors (Lipinski definition) is 1. The number of furan rings is 1. The molecule has 1 heterocycles. The van der Waals surface area contributed by atoms with E-state index in [0.29, 0.717) is 16.8 Å². The van der Waals surface area contributed by atoms with Crippen LogP contribution in [0.4, 0.5) is 5.69 Å². The summed E-state index contributed by atoms with van der Waals surface area (Å²) in [4.78, 5) is 0. The standard InChI is InChI=1S/C12H8Br2N2O/c13-9-1-3-11(8(5-9)6-15)16-7-10-2-4-12(14)17-10/h1-5,16H,7H2. The molecule has 0 radical (unpaired) electrons. The number of benzene rings is 1. The first kappa shape index (κ1) is 12.2. The molecular formula is C12H8Br2N2O. The average molecular weight is 356 g/mol. The lowest BCUT2D eigenvalue weighted by Gasteiger charge is -2.06. The molecule has 0 aliphatic carbocycles. The molecule has 0 fully saturated rings. The molecule has 0 aliphatic rings. The van der Waals surface area contributed by atoms with Crippen LogP contribution < -0.4 is 5.32 Å². The summed E-state index contributed by atoms with van der Waals surface area (Å²) >= 11 is 6.58. The summed E-state index contributed by atoms with van der Waals surface area (Å²) in [6.07, 6.45) is 0. The highest BCUT2D eigenvalue weighted by atomic mass is 79.9. The van der Waals surface area contributed by atoms with Gasteiger partial charge in [0, 0.05) is 4.47 Å². The predicted octanol–water partition coefficient (Wildman–Crippen LogP) is 4.29. The molecule has 1 N–H and O–H groups in total. The van der Waals surface area contributed by atoms with Gasteiger partial charge in [-0.05, 0) is 46.3 Å². The lowest BCUT2D eigenvalue weighted by molar-refractivity contribution is 0.495. The van der Waals surface area contributed by atoms with Crippen molar-refractivity contribution in [3.63, 3.8) is 0 Å². The molecule has 0 atom stereocenters. The van der Waals surface area contributed by atoms with Crippen molar-refractivity contribution in [1.82, 2.24) is 0 Å². The zero-order valence-corrected chi connectivity index (χ0v) is 11.9. The van der Waals surface area contributed by atoms with Crippen LogP contribution in [-0.4, -0.2) is 0 Å². The fraction of sp³-hybridized carbons (Fsp3) is 0.0833. The fourth-order valence-corrected chi connectivity index (χ4v) is 2.09. The van der Waals surface area contributed by atoms with Crippen molar-refractivity contribution in [2.24, 2.45) is 0 Å². The SMILES string of the molecule is N#Cc1cc(Br)ccc1NCc1ccc(Br)o1. The Labute approximate surface area is 116 Å². The molecule has 0 unspecified atom stereocenters. The molecule has 0 saturated carbocycles. The summed E-state index contributed by atoms with van der Waals surface area (Å²) < 4.78 is 6.95. The Bertz CT molecular complexity index is 572. The van der Waals surface area contributed by atoms with Crippen molar-refractivity contribution >= 4 is 37.5 Å². The molecular weight excluding hydrogens is 348 g/mol. The maximum absolute atomic E-state index is 9.00. The molecule has 86 valence electrons. The van der Waals surface area contributed by atoms with Crippen LogP contribution in [0.2, 0.25) is 0 Å². The van der Waals surface area contributed by atoms with E-state index in [1.54, 1.807) is 6.07 Å². The van der Waals surface area contributed by atoms with Gasteiger partial charge in [-0.3, -0.25) is 0 Å². The van der Waals surface area contributed by atoms with Crippen molar-refractivity contribution in [2.75, 3.05) is 5.32 Å². The topological polar surface area (TPSA) is 49.0 Å². The van der Waals surface area contributed by atoms with Crippen molar-refractivity contribution in [1.29, 1.82) is 5.26 Å². The lowest BCUT2D eigenvalue weighted by Crippen LogP contribution is -2.00. The summed E-state index contributed by atoms with van der Waals surface area (Å²) in [5.41, 5.74) is 1.40. The molecule has 2 rings (SSSR count). The van der Waals surface area contributed by atoms with Gasteiger partial charge in [0.15, 0.2) is 4.67 Å². The molecule has 0 aliphatic heterocycles. The van der Waals surface area contributed by atoms with Crippen LogP contribution in [0, 0.1) is 11.3 Å². The van der Waals surface area contributed by atoms with Gasteiger partial charge in [0.1, 0.15) is 11.8 Å². The number of nitrogens with one attached hydrogen (secondary N) is 1. The van der Waals surface area contributed by atoms with Crippen molar-refractivity contribution in [2.45, 2.75) is 6.54 Å². The zero-order valence-electron chi connectivity index (χ0n) is 8.71. The van der Waals surface area contributed by atoms with Gasteiger partial charge in [-0.1, -0.05) is 15.9 Å². The summed E-state index contributed by atoms with van der Waals surface area (Å²) in [5, 5.41) is 12.2. The Morgan fingerprint density at radius 1 is 1.24 bits per heavy atom. The number of hydrogen-bond acceptors (Lipinski definition) is 3. The quantitative estimate of drug-likeness (QED) is 0.893. The summed E-state index contributed by atoms with van der Waals surface area (Å²) in [7, 11) is 0. The molecule has 0 saturated heterocycles. The highest BCUT2D eigenvalue weighted by Crippen LogP contribution is 2.21. The van der Waals surface area contributed by atoms with Gasteiger partial charge in [-0.25, -0.2) is 0 Å². The van der Waals surface area contributed by atoms with E-state index in [9.17, 15) is 0 Å². The predicted molar refractivity (Wildman–Crippen MR) is 72.6 cm³/mol. The second kappa shape index (κ2) is 5.39. The van der Waals surface area contributed by atoms with Crippen LogP contribution in [0.25, 0.3) is 0 Å². The molecule has 2 aromatic rings. The Morgan fingerprint density at radius 2 is 2.06 bits per heavy atom. The maximum atomic E-state index is 9.00. The number of halogens is 2. The van der Waals surface area contributed by atoms with Gasteiger partial charge in [-0.15, -0.1) is 0 Å². The summed E-state index contributed by atoms with van der Waals surface area (Å²) in [5.74, 6) is 0.809. The third kappa shape index (κ3) is 3.11. The highest BCUT2D eigenvalue weighted by molar-refractivity contribution is 9.10. The van der Waals surface area contributed by atoms with Crippen molar-refractivity contribution < 1.29 is 4.42 Å². The minimum Gasteiger partial charge on any atom is -0.452 e. The molecule has 3 nitrogen and oxygen atoms in total. The molecule has 0 spiro atoms. The first-order valence-electron chi connectivity index (χ1n) is 4.87. The summed E-state index contributed by atoms with van der Waals surface area (Å²) in [6.45, 7) is 0.544. The Kier molecular flexibility index (Phi) is 3.87. The van der Waals surface area contributed by atoms with Gasteiger partial charge in [-0.2, -0.15) is 5.26 Å². The van der Waals surface area contributed by atoms with Gasteiger partial charge in [0.25, 0.3) is 0 Å². The highest BCUT2D eigenvalue weighted by Gasteiger charge is 2.04. The van der Waals surface area contributed by atoms with Crippen molar-refractivity contribution in [3.05, 3.63) is 50.8 Å². The first-order chi connectivity index (χ1) is 8.19. The molecule has 1 aromatic heterocycles. The largest absolute Gasteiger partial charge is 0.452 e. The third-order valence-corrected chi connectivity index (χ3v) is 3.10. The monoisotopic (exact) mass is 354 g/mol. The Morgan fingerprint density at radius 3 is 2.71 bits per heavy atom. The van der Waals surface area contributed by atoms with Crippen LogP contribution in [-0.2, 0) is 6.54 Å². The number of anilines is 1. The first-order valence-corrected chi connectivity index (χ1v) is 6.45. The van der Waals surface area contributed by atoms with E-state index in [1.807, 2.05) is 24.3 Å². The van der Waals surface area contributed by atoms with Gasteiger partial charge in [0.05, 0.1) is 17.8 Å². The van der Waals surface area contributed by atoms with Crippen LogP contribution in [0.3, 0.4) is 0 Å². The number of rotatable bonds is 3. The van der Waals surface area contributed by atoms with E-state index < -0.39 is 0 Å². The van der Waals surface area contributed by atoms with Crippen molar-refractivity contribution in [3.8, 4) is 6.07 Å². The maximum Gasteiger partial charge on any atom is 0.169 e.